The Morgan fingerprint density at radius 2 is 1.89 bits per heavy atom. The van der Waals surface area contributed by atoms with Gasteiger partial charge in [-0.1, -0.05) is 0 Å². The Labute approximate surface area is 54.0 Å². The van der Waals surface area contributed by atoms with Gasteiger partial charge in [0.15, 0.2) is 5.78 Å². The molecule has 0 aliphatic rings. The molecule has 9 heavy (non-hydrogen) atoms. The second-order valence-corrected chi connectivity index (χ2v) is 1.92. The summed E-state index contributed by atoms with van der Waals surface area (Å²) in [6.07, 6.45) is 0. The van der Waals surface area contributed by atoms with E-state index in [0.717, 1.165) is 4.58 Å². The van der Waals surface area contributed by atoms with Crippen LogP contribution in [-0.2, 0) is 9.59 Å². The summed E-state index contributed by atoms with van der Waals surface area (Å²) in [5.41, 5.74) is 0. The van der Waals surface area contributed by atoms with E-state index < -0.39 is 0 Å². The van der Waals surface area contributed by atoms with Gasteiger partial charge in [0.1, 0.15) is 6.72 Å². The highest BCUT2D eigenvalue weighted by atomic mass is 16.2. The van der Waals surface area contributed by atoms with Crippen molar-refractivity contribution in [3.8, 4) is 0 Å². The molecule has 0 unspecified atom stereocenters. The van der Waals surface area contributed by atoms with Crippen LogP contribution in [0.2, 0.25) is 0 Å². The second kappa shape index (κ2) is 3.12. The van der Waals surface area contributed by atoms with Crippen molar-refractivity contribution >= 4 is 18.4 Å². The first kappa shape index (κ1) is 8.01. The van der Waals surface area contributed by atoms with E-state index in [-0.39, 0.29) is 18.2 Å². The fourth-order valence-corrected chi connectivity index (χ4v) is 0.380. The van der Waals surface area contributed by atoms with Crippen LogP contribution in [0.25, 0.3) is 0 Å². The van der Waals surface area contributed by atoms with Crippen molar-refractivity contribution in [1.29, 1.82) is 0 Å². The van der Waals surface area contributed by atoms with Crippen molar-refractivity contribution in [3.63, 3.8) is 0 Å². The van der Waals surface area contributed by atoms with Crippen molar-refractivity contribution < 1.29 is 14.2 Å². The standard InChI is InChI=1S/C6H10NO2/c1-5(8)4-7(3)6(2)9/h3-4H2,1-2H3/q+1. The van der Waals surface area contributed by atoms with Crippen LogP contribution >= 0.6 is 0 Å². The van der Waals surface area contributed by atoms with Crippen molar-refractivity contribution in [2.75, 3.05) is 6.54 Å². The second-order valence-electron chi connectivity index (χ2n) is 1.92. The highest BCUT2D eigenvalue weighted by molar-refractivity contribution is 5.79. The normalized spacial score (nSPS) is 8.67. The minimum atomic E-state index is -0.190. The summed E-state index contributed by atoms with van der Waals surface area (Å²) in [5.74, 6) is -0.245. The van der Waals surface area contributed by atoms with Gasteiger partial charge >= 0.3 is 5.91 Å². The van der Waals surface area contributed by atoms with Crippen LogP contribution in [-0.4, -0.2) is 29.5 Å². The molecule has 0 saturated heterocycles. The zero-order valence-electron chi connectivity index (χ0n) is 5.68. The lowest BCUT2D eigenvalue weighted by Crippen LogP contribution is -2.21. The predicted molar refractivity (Wildman–Crippen MR) is 33.6 cm³/mol. The maximum Gasteiger partial charge on any atom is 0.383 e. The van der Waals surface area contributed by atoms with E-state index in [1.54, 1.807) is 0 Å². The van der Waals surface area contributed by atoms with Gasteiger partial charge in [-0.25, -0.2) is 4.79 Å². The number of nitrogens with zero attached hydrogens (tertiary/aromatic N) is 1. The molecule has 50 valence electrons. The van der Waals surface area contributed by atoms with Gasteiger partial charge in [0.05, 0.1) is 6.92 Å². The van der Waals surface area contributed by atoms with Gasteiger partial charge in [0, 0.05) is 6.92 Å². The van der Waals surface area contributed by atoms with Crippen LogP contribution in [0.15, 0.2) is 0 Å². The Morgan fingerprint density at radius 3 is 2.00 bits per heavy atom. The summed E-state index contributed by atoms with van der Waals surface area (Å²) in [6.45, 7) is 6.24. The first-order valence-electron chi connectivity index (χ1n) is 2.62. The molecule has 0 heterocycles. The lowest BCUT2D eigenvalue weighted by Gasteiger charge is -1.88. The van der Waals surface area contributed by atoms with Crippen molar-refractivity contribution in [3.05, 3.63) is 0 Å². The minimum absolute atomic E-state index is 0.0554. The number of amides is 1. The van der Waals surface area contributed by atoms with E-state index in [2.05, 4.69) is 6.72 Å². The molecule has 0 saturated carbocycles. The minimum Gasteiger partial charge on any atom is -0.293 e. The number of hydrogen-bond acceptors (Lipinski definition) is 2. The van der Waals surface area contributed by atoms with Crippen LogP contribution < -0.4 is 0 Å². The molecule has 0 rings (SSSR count). The van der Waals surface area contributed by atoms with Gasteiger partial charge in [-0.3, -0.25) is 4.79 Å². The molecule has 0 aromatic rings. The average molecular weight is 128 g/mol. The number of carbonyl (C=O) groups excluding carboxylic acids is 2. The van der Waals surface area contributed by atoms with E-state index in [1.165, 1.54) is 13.8 Å². The van der Waals surface area contributed by atoms with E-state index in [4.69, 9.17) is 0 Å². The topological polar surface area (TPSA) is 37.1 Å². The van der Waals surface area contributed by atoms with Crippen LogP contribution in [0.3, 0.4) is 0 Å². The number of hydrogen-bond donors (Lipinski definition) is 0. The third kappa shape index (κ3) is 3.58. The summed E-state index contributed by atoms with van der Waals surface area (Å²) < 4.78 is 1.13. The number of ketones is 1. The molecule has 0 bridgehead atoms. The summed E-state index contributed by atoms with van der Waals surface area (Å²) in [6, 6.07) is 0. The Kier molecular flexibility index (Phi) is 2.78. The molecule has 1 amide bonds. The Bertz CT molecular complexity index is 160. The number of rotatable bonds is 2. The van der Waals surface area contributed by atoms with Crippen molar-refractivity contribution in [2.45, 2.75) is 13.8 Å². The summed E-state index contributed by atoms with van der Waals surface area (Å²) in [4.78, 5) is 20.7. The zero-order chi connectivity index (χ0) is 7.44. The van der Waals surface area contributed by atoms with Crippen LogP contribution in [0, 0.1) is 0 Å². The maximum absolute atomic E-state index is 10.4. The van der Waals surface area contributed by atoms with E-state index in [9.17, 15) is 9.59 Å². The average Bonchev–Trinajstić information content (AvgIpc) is 1.63. The molecular weight excluding hydrogens is 118 g/mol. The number of Topliss-reactive ketones (excluding diaryl/α,β-unsaturated/α-hetero) is 1. The zero-order valence-corrected chi connectivity index (χ0v) is 5.68. The van der Waals surface area contributed by atoms with Gasteiger partial charge in [-0.15, -0.1) is 0 Å². The first-order valence-corrected chi connectivity index (χ1v) is 2.62. The van der Waals surface area contributed by atoms with E-state index in [1.807, 2.05) is 0 Å². The molecule has 0 spiro atoms. The summed E-state index contributed by atoms with van der Waals surface area (Å²) in [7, 11) is 0. The molecule has 0 radical (unpaired) electrons. The third-order valence-corrected chi connectivity index (χ3v) is 0.859. The lowest BCUT2D eigenvalue weighted by molar-refractivity contribution is -0.427. The number of carbonyl (C=O) groups is 2. The SMILES string of the molecule is C=[N+](CC(C)=O)C(C)=O. The molecule has 0 aromatic heterocycles. The Morgan fingerprint density at radius 1 is 1.44 bits per heavy atom. The highest BCUT2D eigenvalue weighted by Gasteiger charge is 2.08. The fraction of sp³-hybridized carbons (Fsp3) is 0.500. The molecular formula is C6H10NO2+. The molecule has 0 fully saturated rings. The monoisotopic (exact) mass is 128 g/mol. The predicted octanol–water partition coefficient (Wildman–Crippen LogP) is -0.165. The van der Waals surface area contributed by atoms with Gasteiger partial charge in [-0.2, -0.15) is 4.58 Å². The first-order chi connectivity index (χ1) is 4.04. The van der Waals surface area contributed by atoms with Gasteiger partial charge < -0.3 is 0 Å². The highest BCUT2D eigenvalue weighted by Crippen LogP contribution is 1.74. The Balaban J connectivity index is 3.79. The van der Waals surface area contributed by atoms with Crippen molar-refractivity contribution in [1.82, 2.24) is 0 Å². The van der Waals surface area contributed by atoms with Gasteiger partial charge in [0.2, 0.25) is 6.54 Å². The molecule has 3 heteroatoms. The Hall–Kier alpha value is -0.990. The largest absolute Gasteiger partial charge is 0.383 e. The summed E-state index contributed by atoms with van der Waals surface area (Å²) in [5, 5.41) is 0. The molecule has 0 atom stereocenters. The molecule has 3 nitrogen and oxygen atoms in total. The quantitative estimate of drug-likeness (QED) is 0.382. The van der Waals surface area contributed by atoms with Crippen LogP contribution in [0.5, 0.6) is 0 Å². The van der Waals surface area contributed by atoms with Crippen LogP contribution in [0.4, 0.5) is 0 Å². The molecule has 0 aromatic carbocycles. The molecule has 0 aliphatic heterocycles. The summed E-state index contributed by atoms with van der Waals surface area (Å²) >= 11 is 0. The molecule has 0 aliphatic carbocycles. The maximum atomic E-state index is 10.4. The van der Waals surface area contributed by atoms with Crippen LogP contribution in [0.1, 0.15) is 13.8 Å². The van der Waals surface area contributed by atoms with Gasteiger partial charge in [-0.05, 0) is 0 Å². The fourth-order valence-electron chi connectivity index (χ4n) is 0.380. The van der Waals surface area contributed by atoms with Crippen molar-refractivity contribution in [2.24, 2.45) is 0 Å². The van der Waals surface area contributed by atoms with E-state index >= 15 is 0 Å². The molecule has 0 N–H and O–H groups in total. The lowest BCUT2D eigenvalue weighted by atomic mass is 10.4. The smallest absolute Gasteiger partial charge is 0.293 e. The third-order valence-electron chi connectivity index (χ3n) is 0.859. The van der Waals surface area contributed by atoms with E-state index in [0.29, 0.717) is 0 Å². The van der Waals surface area contributed by atoms with Gasteiger partial charge in [0.25, 0.3) is 0 Å².